The summed E-state index contributed by atoms with van der Waals surface area (Å²) in [6.45, 7) is 5.93. The smallest absolute Gasteiger partial charge is 0.185 e. The molecule has 35 heavy (non-hydrogen) atoms. The number of methoxy groups -OCH3 is 1. The van der Waals surface area contributed by atoms with Gasteiger partial charge in [-0.3, -0.25) is 0 Å². The summed E-state index contributed by atoms with van der Waals surface area (Å²) in [6.07, 6.45) is 2.98. The number of ether oxygens (including phenoxy) is 1. The Labute approximate surface area is 203 Å². The van der Waals surface area contributed by atoms with E-state index < -0.39 is 11.7 Å². The third-order valence-electron chi connectivity index (χ3n) is 7.48. The molecule has 1 aromatic carbocycles. The van der Waals surface area contributed by atoms with Gasteiger partial charge in [-0.25, -0.2) is 9.37 Å². The van der Waals surface area contributed by atoms with E-state index in [9.17, 15) is 5.11 Å². The number of phenolic OH excluding ortho intramolecular Hbond substituents is 1. The third kappa shape index (κ3) is 4.05. The van der Waals surface area contributed by atoms with Gasteiger partial charge in [-0.15, -0.1) is 15.3 Å². The van der Waals surface area contributed by atoms with Crippen LogP contribution in [-0.4, -0.2) is 67.9 Å². The maximum atomic E-state index is 15.5. The second-order valence-electron chi connectivity index (χ2n) is 10.1. The molecule has 4 heterocycles. The molecule has 2 aliphatic rings. The molecule has 5 rings (SSSR count). The van der Waals surface area contributed by atoms with E-state index in [0.717, 1.165) is 12.8 Å². The summed E-state index contributed by atoms with van der Waals surface area (Å²) in [4.78, 5) is 6.26. The Balaban J connectivity index is 1.37. The summed E-state index contributed by atoms with van der Waals surface area (Å²) in [5, 5.41) is 31.0. The highest BCUT2D eigenvalue weighted by Crippen LogP contribution is 2.45. The van der Waals surface area contributed by atoms with Crippen molar-refractivity contribution in [2.75, 3.05) is 19.1 Å². The number of nitrogens with zero attached hydrogens (tertiary/aromatic N) is 6. The number of alkyl halides is 1. The van der Waals surface area contributed by atoms with Gasteiger partial charge < -0.3 is 20.1 Å². The van der Waals surface area contributed by atoms with Gasteiger partial charge in [0.15, 0.2) is 11.6 Å². The van der Waals surface area contributed by atoms with Crippen LogP contribution in [0.15, 0.2) is 30.5 Å². The van der Waals surface area contributed by atoms with E-state index in [4.69, 9.17) is 4.74 Å². The average Bonchev–Trinajstić information content (AvgIpc) is 3.13. The fraction of sp³-hybridized carbons (Fsp3) is 0.480. The summed E-state index contributed by atoms with van der Waals surface area (Å²) in [5.74, 6) is 1.38. The van der Waals surface area contributed by atoms with Gasteiger partial charge in [-0.1, -0.05) is 6.07 Å². The topological polar surface area (TPSA) is 109 Å². The molecule has 0 unspecified atom stereocenters. The molecule has 2 fully saturated rings. The number of benzene rings is 1. The highest BCUT2D eigenvalue weighted by atomic mass is 19.1. The van der Waals surface area contributed by atoms with Crippen molar-refractivity contribution < 1.29 is 14.2 Å². The standard InChI is InChI=1S/C25H30FN7O2/c1-14-20(35-5)11-17(29-28-14)15-6-7-16(19(34)10-15)23-27-13-21(30-31-23)33(4)18-12-24(2)8-9-25(3,32-24)22(18)26/h6-7,10-11,13,18,22,32,34H,8-9,12H2,1-5H3/t18-,22-,24-,25+/m1/s1. The number of rotatable bonds is 5. The van der Waals surface area contributed by atoms with Crippen LogP contribution in [0, 0.1) is 6.92 Å². The Morgan fingerprint density at radius 2 is 1.94 bits per heavy atom. The summed E-state index contributed by atoms with van der Waals surface area (Å²) >= 11 is 0. The number of piperidine rings is 1. The van der Waals surface area contributed by atoms with Crippen LogP contribution in [0.5, 0.6) is 11.5 Å². The van der Waals surface area contributed by atoms with Crippen molar-refractivity contribution in [3.05, 3.63) is 36.2 Å². The molecular weight excluding hydrogens is 449 g/mol. The molecule has 0 spiro atoms. The highest BCUT2D eigenvalue weighted by molar-refractivity contribution is 5.71. The van der Waals surface area contributed by atoms with Crippen molar-refractivity contribution in [1.29, 1.82) is 0 Å². The lowest BCUT2D eigenvalue weighted by Crippen LogP contribution is -2.65. The fourth-order valence-electron chi connectivity index (χ4n) is 5.42. The van der Waals surface area contributed by atoms with Gasteiger partial charge >= 0.3 is 0 Å². The van der Waals surface area contributed by atoms with Crippen molar-refractivity contribution in [2.45, 2.75) is 63.3 Å². The SMILES string of the molecule is COc1cc(-c2ccc(-c3ncc(N(C)[C@@H]4C[C@@]5(C)CC[C@](C)(N5)[C@@H]4F)nn3)c(O)c2)nnc1C. The minimum Gasteiger partial charge on any atom is -0.507 e. The van der Waals surface area contributed by atoms with Crippen molar-refractivity contribution in [3.8, 4) is 34.1 Å². The predicted molar refractivity (Wildman–Crippen MR) is 130 cm³/mol. The van der Waals surface area contributed by atoms with E-state index in [1.165, 1.54) is 0 Å². The van der Waals surface area contributed by atoms with Crippen LogP contribution in [0.1, 0.15) is 38.8 Å². The summed E-state index contributed by atoms with van der Waals surface area (Å²) in [5.41, 5.74) is 1.75. The van der Waals surface area contributed by atoms with Crippen molar-refractivity contribution >= 4 is 5.82 Å². The fourth-order valence-corrected chi connectivity index (χ4v) is 5.42. The molecule has 2 aromatic heterocycles. The minimum atomic E-state index is -1.04. The zero-order valence-electron chi connectivity index (χ0n) is 20.6. The molecule has 2 saturated heterocycles. The molecule has 10 heteroatoms. The van der Waals surface area contributed by atoms with Crippen LogP contribution < -0.4 is 15.0 Å². The number of anilines is 1. The monoisotopic (exact) mass is 479 g/mol. The maximum absolute atomic E-state index is 15.5. The number of hydrogen-bond donors (Lipinski definition) is 2. The van der Waals surface area contributed by atoms with E-state index in [1.54, 1.807) is 37.6 Å². The van der Waals surface area contributed by atoms with E-state index in [1.807, 2.05) is 25.8 Å². The second-order valence-corrected chi connectivity index (χ2v) is 10.1. The number of nitrogens with one attached hydrogen (secondary N) is 1. The van der Waals surface area contributed by atoms with Crippen molar-refractivity contribution in [2.24, 2.45) is 0 Å². The number of halogens is 1. The van der Waals surface area contributed by atoms with Crippen molar-refractivity contribution in [3.63, 3.8) is 0 Å². The lowest BCUT2D eigenvalue weighted by Gasteiger charge is -2.47. The van der Waals surface area contributed by atoms with E-state index >= 15 is 4.39 Å². The van der Waals surface area contributed by atoms with Crippen molar-refractivity contribution in [1.82, 2.24) is 30.7 Å². The lowest BCUT2D eigenvalue weighted by molar-refractivity contribution is 0.0859. The number of aryl methyl sites for hydroxylation is 1. The quantitative estimate of drug-likeness (QED) is 0.568. The highest BCUT2D eigenvalue weighted by Gasteiger charge is 2.56. The van der Waals surface area contributed by atoms with Gasteiger partial charge in [-0.05, 0) is 52.2 Å². The number of aromatic hydroxyl groups is 1. The molecule has 0 aliphatic carbocycles. The molecule has 2 N–H and O–H groups in total. The second kappa shape index (κ2) is 8.37. The molecule has 0 radical (unpaired) electrons. The van der Waals surface area contributed by atoms with Gasteiger partial charge in [0.25, 0.3) is 0 Å². The molecule has 9 nitrogen and oxygen atoms in total. The molecule has 184 valence electrons. The molecular formula is C25H30FN7O2. The summed E-state index contributed by atoms with van der Waals surface area (Å²) in [6, 6.07) is 6.54. The van der Waals surface area contributed by atoms with Crippen LogP contribution in [-0.2, 0) is 0 Å². The zero-order chi connectivity index (χ0) is 25.0. The molecule has 4 atom stereocenters. The molecule has 0 amide bonds. The summed E-state index contributed by atoms with van der Waals surface area (Å²) < 4.78 is 20.8. The number of hydrogen-bond acceptors (Lipinski definition) is 9. The van der Waals surface area contributed by atoms with Crippen LogP contribution in [0.4, 0.5) is 10.2 Å². The van der Waals surface area contributed by atoms with Crippen LogP contribution in [0.2, 0.25) is 0 Å². The summed E-state index contributed by atoms with van der Waals surface area (Å²) in [7, 11) is 3.41. The van der Waals surface area contributed by atoms with E-state index in [-0.39, 0.29) is 23.2 Å². The normalized spacial score (nSPS) is 27.6. The third-order valence-corrected chi connectivity index (χ3v) is 7.48. The average molecular weight is 480 g/mol. The minimum absolute atomic E-state index is 0.00801. The molecule has 3 aromatic rings. The first-order valence-electron chi connectivity index (χ1n) is 11.7. The van der Waals surface area contributed by atoms with Crippen LogP contribution in [0.25, 0.3) is 22.6 Å². The first kappa shape index (κ1) is 23.3. The molecule has 2 bridgehead atoms. The Bertz CT molecular complexity index is 1260. The Morgan fingerprint density at radius 3 is 2.63 bits per heavy atom. The first-order valence-corrected chi connectivity index (χ1v) is 11.7. The zero-order valence-corrected chi connectivity index (χ0v) is 20.6. The molecule has 2 aliphatic heterocycles. The number of phenols is 1. The van der Waals surface area contributed by atoms with E-state index in [2.05, 4.69) is 37.6 Å². The van der Waals surface area contributed by atoms with Gasteiger partial charge in [0.05, 0.1) is 30.6 Å². The lowest BCUT2D eigenvalue weighted by atomic mass is 9.82. The molecule has 0 saturated carbocycles. The first-order chi connectivity index (χ1) is 16.6. The van der Waals surface area contributed by atoms with Gasteiger partial charge in [0, 0.05) is 29.8 Å². The van der Waals surface area contributed by atoms with Gasteiger partial charge in [0.1, 0.15) is 23.4 Å². The van der Waals surface area contributed by atoms with E-state index in [0.29, 0.717) is 40.5 Å². The Morgan fingerprint density at radius 1 is 1.14 bits per heavy atom. The predicted octanol–water partition coefficient (Wildman–Crippen LogP) is 3.47. The largest absolute Gasteiger partial charge is 0.507 e. The van der Waals surface area contributed by atoms with Crippen LogP contribution in [0.3, 0.4) is 0 Å². The van der Waals surface area contributed by atoms with Gasteiger partial charge in [0.2, 0.25) is 0 Å². The van der Waals surface area contributed by atoms with Crippen LogP contribution >= 0.6 is 0 Å². The number of aromatic nitrogens is 5. The maximum Gasteiger partial charge on any atom is 0.185 e. The van der Waals surface area contributed by atoms with Gasteiger partial charge in [-0.2, -0.15) is 5.10 Å². The Kier molecular flexibility index (Phi) is 5.58. The number of fused-ring (bicyclic) bond motifs is 2. The Hall–Kier alpha value is -3.40.